The first-order chi connectivity index (χ1) is 17.1. The number of rotatable bonds is 8. The molecule has 1 amide bonds. The molecule has 0 saturated heterocycles. The van der Waals surface area contributed by atoms with Crippen molar-refractivity contribution < 1.29 is 18.7 Å². The van der Waals surface area contributed by atoms with Crippen molar-refractivity contribution in [1.29, 1.82) is 5.26 Å². The average Bonchev–Trinajstić information content (AvgIpc) is 3.41. The number of amides is 1. The number of nitrogens with one attached hydrogen (secondary N) is 2. The quantitative estimate of drug-likeness (QED) is 0.428. The van der Waals surface area contributed by atoms with Crippen LogP contribution in [0, 0.1) is 11.3 Å². The number of esters is 1. The minimum absolute atomic E-state index is 0.0777. The summed E-state index contributed by atoms with van der Waals surface area (Å²) in [6, 6.07) is 24.1. The summed E-state index contributed by atoms with van der Waals surface area (Å²) in [5.41, 5.74) is 2.67. The highest BCUT2D eigenvalue weighted by Crippen LogP contribution is 2.41. The van der Waals surface area contributed by atoms with Crippen LogP contribution in [0.4, 0.5) is 5.69 Å². The van der Waals surface area contributed by atoms with Crippen molar-refractivity contribution in [2.24, 2.45) is 0 Å². The number of nitriles is 1. The molecule has 8 heteroatoms. The fourth-order valence-electron chi connectivity index (χ4n) is 3.69. The molecule has 1 aliphatic heterocycles. The van der Waals surface area contributed by atoms with Crippen molar-refractivity contribution in [3.63, 3.8) is 0 Å². The Labute approximate surface area is 207 Å². The van der Waals surface area contributed by atoms with E-state index in [-0.39, 0.29) is 23.8 Å². The van der Waals surface area contributed by atoms with E-state index in [9.17, 15) is 14.9 Å². The first-order valence-electron chi connectivity index (χ1n) is 10.9. The van der Waals surface area contributed by atoms with Crippen molar-refractivity contribution in [3.8, 4) is 6.07 Å². The predicted molar refractivity (Wildman–Crippen MR) is 134 cm³/mol. The minimum Gasteiger partial charge on any atom is -0.468 e. The summed E-state index contributed by atoms with van der Waals surface area (Å²) in [7, 11) is 0. The third-order valence-electron chi connectivity index (χ3n) is 5.31. The molecular formula is C27H23N3O4S. The van der Waals surface area contributed by atoms with Gasteiger partial charge < -0.3 is 19.8 Å². The third kappa shape index (κ3) is 5.83. The van der Waals surface area contributed by atoms with Crippen LogP contribution in [0.3, 0.4) is 0 Å². The van der Waals surface area contributed by atoms with Crippen molar-refractivity contribution >= 4 is 29.3 Å². The zero-order chi connectivity index (χ0) is 24.6. The molecule has 1 aromatic heterocycles. The Morgan fingerprint density at radius 2 is 1.80 bits per heavy atom. The molecule has 1 atom stereocenters. The van der Waals surface area contributed by atoms with Crippen LogP contribution in [-0.2, 0) is 20.9 Å². The van der Waals surface area contributed by atoms with Gasteiger partial charge in [-0.15, -0.1) is 0 Å². The number of anilines is 1. The zero-order valence-electron chi connectivity index (χ0n) is 19.0. The standard InChI is InChI=1S/C27H23N3O4S/c1-18-24(27(32)34-16-19-9-4-2-5-10-19)25(22-13-8-14-33-22)21(15-28)26(29-18)35-17-23(31)30-20-11-6-3-7-12-20/h2-14,25,29H,16-17H2,1H3,(H,30,31). The van der Waals surface area contributed by atoms with E-state index in [1.807, 2.05) is 48.5 Å². The Bertz CT molecular complexity index is 1290. The Morgan fingerprint density at radius 1 is 1.09 bits per heavy atom. The third-order valence-corrected chi connectivity index (χ3v) is 6.33. The van der Waals surface area contributed by atoms with Gasteiger partial charge in [0.1, 0.15) is 12.4 Å². The molecule has 176 valence electrons. The van der Waals surface area contributed by atoms with Gasteiger partial charge in [-0.2, -0.15) is 5.26 Å². The van der Waals surface area contributed by atoms with Gasteiger partial charge >= 0.3 is 5.97 Å². The molecule has 7 nitrogen and oxygen atoms in total. The second-order valence-corrected chi connectivity index (χ2v) is 8.72. The van der Waals surface area contributed by atoms with Crippen molar-refractivity contribution in [3.05, 3.63) is 112 Å². The van der Waals surface area contributed by atoms with Crippen LogP contribution in [0.15, 0.2) is 105 Å². The maximum Gasteiger partial charge on any atom is 0.337 e. The van der Waals surface area contributed by atoms with Crippen molar-refractivity contribution in [2.75, 3.05) is 11.1 Å². The number of dihydropyridines is 1. The van der Waals surface area contributed by atoms with Gasteiger partial charge in [-0.1, -0.05) is 60.3 Å². The zero-order valence-corrected chi connectivity index (χ0v) is 19.8. The number of furan rings is 1. The topological polar surface area (TPSA) is 104 Å². The number of benzene rings is 2. The summed E-state index contributed by atoms with van der Waals surface area (Å²) >= 11 is 1.19. The summed E-state index contributed by atoms with van der Waals surface area (Å²) in [5, 5.41) is 16.5. The van der Waals surface area contributed by atoms with E-state index < -0.39 is 11.9 Å². The van der Waals surface area contributed by atoms with Crippen LogP contribution in [0.2, 0.25) is 0 Å². The van der Waals surface area contributed by atoms with E-state index >= 15 is 0 Å². The molecule has 0 spiro atoms. The SMILES string of the molecule is CC1=C(C(=O)OCc2ccccc2)C(c2ccco2)C(C#N)=C(SCC(=O)Nc2ccccc2)N1. The number of allylic oxidation sites excluding steroid dienone is 2. The first-order valence-corrected chi connectivity index (χ1v) is 11.9. The molecule has 0 aliphatic carbocycles. The molecule has 0 bridgehead atoms. The molecule has 0 fully saturated rings. The monoisotopic (exact) mass is 485 g/mol. The molecule has 0 radical (unpaired) electrons. The molecule has 1 aliphatic rings. The smallest absolute Gasteiger partial charge is 0.337 e. The molecule has 2 N–H and O–H groups in total. The van der Waals surface area contributed by atoms with E-state index in [1.54, 1.807) is 31.2 Å². The Kier molecular flexibility index (Phi) is 7.70. The Balaban J connectivity index is 1.54. The highest BCUT2D eigenvalue weighted by Gasteiger charge is 2.37. The number of hydrogen-bond donors (Lipinski definition) is 2. The largest absolute Gasteiger partial charge is 0.468 e. The minimum atomic E-state index is -0.751. The van der Waals surface area contributed by atoms with Crippen molar-refractivity contribution in [2.45, 2.75) is 19.4 Å². The van der Waals surface area contributed by atoms with E-state index in [0.717, 1.165) is 5.56 Å². The molecule has 2 heterocycles. The van der Waals surface area contributed by atoms with E-state index in [1.165, 1.54) is 18.0 Å². The summed E-state index contributed by atoms with van der Waals surface area (Å²) < 4.78 is 11.2. The Morgan fingerprint density at radius 3 is 2.46 bits per heavy atom. The number of carbonyl (C=O) groups is 2. The fourth-order valence-corrected chi connectivity index (χ4v) is 4.59. The van der Waals surface area contributed by atoms with Gasteiger partial charge in [0.25, 0.3) is 0 Å². The molecular weight excluding hydrogens is 462 g/mol. The number of nitrogens with zero attached hydrogens (tertiary/aromatic N) is 1. The van der Waals surface area contributed by atoms with Gasteiger partial charge in [0.15, 0.2) is 0 Å². The van der Waals surface area contributed by atoms with Crippen LogP contribution in [0.5, 0.6) is 0 Å². The highest BCUT2D eigenvalue weighted by molar-refractivity contribution is 8.03. The number of para-hydroxylation sites is 1. The van der Waals surface area contributed by atoms with E-state index in [0.29, 0.717) is 27.7 Å². The van der Waals surface area contributed by atoms with Crippen LogP contribution in [0.1, 0.15) is 24.2 Å². The lowest BCUT2D eigenvalue weighted by atomic mass is 9.86. The number of carbonyl (C=O) groups excluding carboxylic acids is 2. The second-order valence-electron chi connectivity index (χ2n) is 7.73. The lowest BCUT2D eigenvalue weighted by molar-refractivity contribution is -0.140. The molecule has 2 aromatic carbocycles. The molecule has 1 unspecified atom stereocenters. The van der Waals surface area contributed by atoms with Gasteiger partial charge in [0.05, 0.1) is 40.2 Å². The Hall–Kier alpha value is -4.22. The van der Waals surface area contributed by atoms with Gasteiger partial charge in [0.2, 0.25) is 5.91 Å². The van der Waals surface area contributed by atoms with Crippen LogP contribution in [-0.4, -0.2) is 17.6 Å². The summed E-state index contributed by atoms with van der Waals surface area (Å²) in [6.45, 7) is 1.85. The number of hydrogen-bond acceptors (Lipinski definition) is 7. The maximum absolute atomic E-state index is 13.2. The molecule has 4 rings (SSSR count). The lowest BCUT2D eigenvalue weighted by Gasteiger charge is -2.27. The molecule has 35 heavy (non-hydrogen) atoms. The number of ether oxygens (including phenoxy) is 1. The van der Waals surface area contributed by atoms with Gasteiger partial charge in [-0.05, 0) is 36.8 Å². The fraction of sp³-hybridized carbons (Fsp3) is 0.148. The maximum atomic E-state index is 13.2. The number of thioether (sulfide) groups is 1. The summed E-state index contributed by atoms with van der Waals surface area (Å²) in [4.78, 5) is 25.6. The van der Waals surface area contributed by atoms with Crippen molar-refractivity contribution in [1.82, 2.24) is 5.32 Å². The van der Waals surface area contributed by atoms with E-state index in [2.05, 4.69) is 16.7 Å². The second kappa shape index (κ2) is 11.3. The average molecular weight is 486 g/mol. The van der Waals surface area contributed by atoms with Crippen LogP contribution >= 0.6 is 11.8 Å². The molecule has 0 saturated carbocycles. The summed E-state index contributed by atoms with van der Waals surface area (Å²) in [6.07, 6.45) is 1.49. The lowest BCUT2D eigenvalue weighted by Crippen LogP contribution is -2.29. The highest BCUT2D eigenvalue weighted by atomic mass is 32.2. The van der Waals surface area contributed by atoms with Crippen LogP contribution < -0.4 is 10.6 Å². The molecule has 3 aromatic rings. The van der Waals surface area contributed by atoms with Gasteiger partial charge in [0, 0.05) is 11.4 Å². The predicted octanol–water partition coefficient (Wildman–Crippen LogP) is 5.09. The summed E-state index contributed by atoms with van der Waals surface area (Å²) in [5.74, 6) is -0.982. The van der Waals surface area contributed by atoms with Gasteiger partial charge in [-0.25, -0.2) is 4.79 Å². The first kappa shape index (κ1) is 23.9. The van der Waals surface area contributed by atoms with Crippen LogP contribution in [0.25, 0.3) is 0 Å². The normalized spacial score (nSPS) is 15.3. The van der Waals surface area contributed by atoms with Gasteiger partial charge in [-0.3, -0.25) is 4.79 Å². The van der Waals surface area contributed by atoms with E-state index in [4.69, 9.17) is 9.15 Å².